The summed E-state index contributed by atoms with van der Waals surface area (Å²) >= 11 is 0. The zero-order chi connectivity index (χ0) is 10.4. The second kappa shape index (κ2) is 6.41. The highest BCUT2D eigenvalue weighted by Gasteiger charge is 2.22. The van der Waals surface area contributed by atoms with Crippen molar-refractivity contribution in [3.63, 3.8) is 0 Å². The molecule has 1 saturated carbocycles. The first-order valence-corrected chi connectivity index (χ1v) is 6.12. The van der Waals surface area contributed by atoms with Crippen molar-refractivity contribution in [1.29, 1.82) is 0 Å². The van der Waals surface area contributed by atoms with Crippen LogP contribution in [0.25, 0.3) is 0 Å². The largest absolute Gasteiger partial charge is 0.318 e. The van der Waals surface area contributed by atoms with Gasteiger partial charge in [0, 0.05) is 19.1 Å². The lowest BCUT2D eigenvalue weighted by Gasteiger charge is -2.34. The highest BCUT2D eigenvalue weighted by Crippen LogP contribution is 2.28. The Labute approximate surface area is 89.1 Å². The molecule has 84 valence electrons. The maximum Gasteiger partial charge on any atom is 0.0107 e. The van der Waals surface area contributed by atoms with Gasteiger partial charge in [-0.05, 0) is 45.7 Å². The van der Waals surface area contributed by atoms with Gasteiger partial charge in [-0.1, -0.05) is 13.3 Å². The Hall–Kier alpha value is -0.0800. The fraction of sp³-hybridized carbons (Fsp3) is 1.00. The molecule has 0 spiro atoms. The number of rotatable bonds is 5. The van der Waals surface area contributed by atoms with E-state index in [9.17, 15) is 0 Å². The van der Waals surface area contributed by atoms with Gasteiger partial charge in [-0.2, -0.15) is 0 Å². The van der Waals surface area contributed by atoms with Gasteiger partial charge in [0.05, 0.1) is 0 Å². The third-order valence-corrected chi connectivity index (χ3v) is 3.73. The number of hydrogen-bond acceptors (Lipinski definition) is 2. The van der Waals surface area contributed by atoms with E-state index < -0.39 is 0 Å². The molecule has 0 aromatic rings. The van der Waals surface area contributed by atoms with Crippen LogP contribution in [-0.2, 0) is 0 Å². The molecule has 0 radical (unpaired) electrons. The maximum absolute atomic E-state index is 3.22. The predicted molar refractivity (Wildman–Crippen MR) is 62.6 cm³/mol. The van der Waals surface area contributed by atoms with Crippen molar-refractivity contribution in [2.75, 3.05) is 27.2 Å². The predicted octanol–water partition coefficient (Wildman–Crippen LogP) is 2.11. The van der Waals surface area contributed by atoms with E-state index in [0.29, 0.717) is 0 Å². The summed E-state index contributed by atoms with van der Waals surface area (Å²) in [5, 5.41) is 3.22. The zero-order valence-electron chi connectivity index (χ0n) is 10.1. The summed E-state index contributed by atoms with van der Waals surface area (Å²) in [6, 6.07) is 0.853. The number of likely N-dealkylation sites (N-methyl/N-ethyl adjacent to an activating group) is 2. The summed E-state index contributed by atoms with van der Waals surface area (Å²) in [6.45, 7) is 4.64. The van der Waals surface area contributed by atoms with Gasteiger partial charge in [-0.25, -0.2) is 0 Å². The van der Waals surface area contributed by atoms with Crippen LogP contribution in [0.5, 0.6) is 0 Å². The Kier molecular flexibility index (Phi) is 5.49. The molecule has 0 atom stereocenters. The molecule has 1 aliphatic rings. The van der Waals surface area contributed by atoms with Gasteiger partial charge in [0.1, 0.15) is 0 Å². The minimum atomic E-state index is 0.853. The van der Waals surface area contributed by atoms with E-state index >= 15 is 0 Å². The highest BCUT2D eigenvalue weighted by molar-refractivity contribution is 4.77. The van der Waals surface area contributed by atoms with Gasteiger partial charge in [0.15, 0.2) is 0 Å². The molecular formula is C12H26N2. The van der Waals surface area contributed by atoms with E-state index in [0.717, 1.165) is 18.5 Å². The van der Waals surface area contributed by atoms with Gasteiger partial charge in [0.2, 0.25) is 0 Å². The van der Waals surface area contributed by atoms with Gasteiger partial charge in [-0.3, -0.25) is 0 Å². The highest BCUT2D eigenvalue weighted by atomic mass is 15.1. The van der Waals surface area contributed by atoms with Crippen molar-refractivity contribution >= 4 is 0 Å². The molecule has 0 aliphatic heterocycles. The first-order chi connectivity index (χ1) is 6.77. The van der Waals surface area contributed by atoms with E-state index in [-0.39, 0.29) is 0 Å². The summed E-state index contributed by atoms with van der Waals surface area (Å²) in [5.74, 6) is 1.02. The Bertz CT molecular complexity index is 139. The zero-order valence-corrected chi connectivity index (χ0v) is 10.1. The van der Waals surface area contributed by atoms with Crippen molar-refractivity contribution in [2.45, 2.75) is 45.1 Å². The van der Waals surface area contributed by atoms with Gasteiger partial charge < -0.3 is 10.2 Å². The number of hydrogen-bond donors (Lipinski definition) is 1. The van der Waals surface area contributed by atoms with Crippen LogP contribution in [0.1, 0.15) is 39.0 Å². The average Bonchev–Trinajstić information content (AvgIpc) is 2.26. The van der Waals surface area contributed by atoms with Crippen LogP contribution in [0, 0.1) is 5.92 Å². The summed E-state index contributed by atoms with van der Waals surface area (Å²) in [5.41, 5.74) is 0. The fourth-order valence-corrected chi connectivity index (χ4v) is 2.46. The van der Waals surface area contributed by atoms with Crippen LogP contribution in [-0.4, -0.2) is 38.1 Å². The lowest BCUT2D eigenvalue weighted by molar-refractivity contribution is 0.165. The Balaban J connectivity index is 2.19. The van der Waals surface area contributed by atoms with Crippen LogP contribution in [0.3, 0.4) is 0 Å². The Morgan fingerprint density at radius 3 is 2.36 bits per heavy atom. The van der Waals surface area contributed by atoms with E-state index in [1.54, 1.807) is 0 Å². The second-order valence-corrected chi connectivity index (χ2v) is 4.67. The molecule has 0 saturated heterocycles. The van der Waals surface area contributed by atoms with Crippen molar-refractivity contribution in [2.24, 2.45) is 5.92 Å². The molecule has 1 N–H and O–H groups in total. The molecule has 2 heteroatoms. The topological polar surface area (TPSA) is 15.3 Å². The molecule has 0 aromatic heterocycles. The fourth-order valence-electron chi connectivity index (χ4n) is 2.46. The lowest BCUT2D eigenvalue weighted by atomic mass is 9.84. The second-order valence-electron chi connectivity index (χ2n) is 4.67. The van der Waals surface area contributed by atoms with Crippen molar-refractivity contribution in [3.8, 4) is 0 Å². The van der Waals surface area contributed by atoms with Crippen LogP contribution < -0.4 is 5.32 Å². The van der Waals surface area contributed by atoms with Crippen LogP contribution in [0.2, 0.25) is 0 Å². The molecule has 0 unspecified atom stereocenters. The van der Waals surface area contributed by atoms with Gasteiger partial charge in [-0.15, -0.1) is 0 Å². The molecule has 14 heavy (non-hydrogen) atoms. The third kappa shape index (κ3) is 3.58. The monoisotopic (exact) mass is 198 g/mol. The summed E-state index contributed by atoms with van der Waals surface area (Å²) in [4.78, 5) is 2.53. The van der Waals surface area contributed by atoms with E-state index in [1.165, 1.54) is 38.6 Å². The molecule has 0 aromatic carbocycles. The molecule has 0 amide bonds. The first kappa shape index (κ1) is 12.0. The first-order valence-electron chi connectivity index (χ1n) is 6.12. The van der Waals surface area contributed by atoms with Gasteiger partial charge >= 0.3 is 0 Å². The molecule has 2 nitrogen and oxygen atoms in total. The normalized spacial score (nSPS) is 28.3. The van der Waals surface area contributed by atoms with Crippen LogP contribution in [0.15, 0.2) is 0 Å². The van der Waals surface area contributed by atoms with E-state index in [4.69, 9.17) is 0 Å². The van der Waals surface area contributed by atoms with E-state index in [1.807, 2.05) is 7.05 Å². The Morgan fingerprint density at radius 1 is 1.21 bits per heavy atom. The van der Waals surface area contributed by atoms with Crippen LogP contribution >= 0.6 is 0 Å². The van der Waals surface area contributed by atoms with Crippen molar-refractivity contribution in [3.05, 3.63) is 0 Å². The Morgan fingerprint density at radius 2 is 1.86 bits per heavy atom. The lowest BCUT2D eigenvalue weighted by Crippen LogP contribution is -2.38. The summed E-state index contributed by atoms with van der Waals surface area (Å²) in [6.07, 6.45) is 7.11. The molecule has 1 fully saturated rings. The van der Waals surface area contributed by atoms with E-state index in [2.05, 4.69) is 24.2 Å². The summed E-state index contributed by atoms with van der Waals surface area (Å²) < 4.78 is 0. The average molecular weight is 198 g/mol. The molecule has 1 rings (SSSR count). The molecule has 0 bridgehead atoms. The minimum Gasteiger partial charge on any atom is -0.318 e. The molecule has 0 heterocycles. The van der Waals surface area contributed by atoms with Crippen LogP contribution in [0.4, 0.5) is 0 Å². The maximum atomic E-state index is 3.22. The van der Waals surface area contributed by atoms with Gasteiger partial charge in [0.25, 0.3) is 0 Å². The standard InChI is InChI=1S/C12H26N2/c1-4-11-5-7-12(8-6-11)14(3)10-9-13-2/h11-13H,4-10H2,1-3H3. The van der Waals surface area contributed by atoms with Crippen molar-refractivity contribution < 1.29 is 0 Å². The molecular weight excluding hydrogens is 172 g/mol. The quantitative estimate of drug-likeness (QED) is 0.728. The smallest absolute Gasteiger partial charge is 0.0107 e. The van der Waals surface area contributed by atoms with Crippen molar-refractivity contribution in [1.82, 2.24) is 10.2 Å². The minimum absolute atomic E-state index is 0.853. The molecule has 1 aliphatic carbocycles. The SMILES string of the molecule is CCC1CCC(N(C)CCNC)CC1. The number of nitrogens with one attached hydrogen (secondary N) is 1. The third-order valence-electron chi connectivity index (χ3n) is 3.73. The number of nitrogens with zero attached hydrogens (tertiary/aromatic N) is 1. The summed E-state index contributed by atoms with van der Waals surface area (Å²) in [7, 11) is 4.30.